The molecular formula is C34H28N2O4. The van der Waals surface area contributed by atoms with Gasteiger partial charge in [-0.25, -0.2) is 9.59 Å². The molecule has 0 aliphatic heterocycles. The molecule has 0 aliphatic carbocycles. The predicted octanol–water partition coefficient (Wildman–Crippen LogP) is 7.55. The lowest BCUT2D eigenvalue weighted by Gasteiger charge is -2.11. The number of rotatable bonds is 7. The molecule has 0 saturated heterocycles. The van der Waals surface area contributed by atoms with Gasteiger partial charge in [-0.05, 0) is 49.2 Å². The molecule has 40 heavy (non-hydrogen) atoms. The molecule has 0 aliphatic rings. The van der Waals surface area contributed by atoms with Gasteiger partial charge in [-0.1, -0.05) is 72.8 Å². The van der Waals surface area contributed by atoms with E-state index in [0.29, 0.717) is 22.5 Å². The second-order valence-corrected chi connectivity index (χ2v) is 9.28. The zero-order valence-electron chi connectivity index (χ0n) is 22.3. The summed E-state index contributed by atoms with van der Waals surface area (Å²) in [5, 5.41) is 0. The molecule has 0 N–H and O–H groups in total. The van der Waals surface area contributed by atoms with Crippen molar-refractivity contribution in [1.82, 2.24) is 8.80 Å². The van der Waals surface area contributed by atoms with Crippen molar-refractivity contribution in [3.8, 4) is 33.6 Å². The molecule has 0 fully saturated rings. The maximum atomic E-state index is 13.9. The van der Waals surface area contributed by atoms with Crippen LogP contribution in [0.15, 0.2) is 109 Å². The first-order valence-electron chi connectivity index (χ1n) is 13.4. The van der Waals surface area contributed by atoms with Crippen LogP contribution in [0.2, 0.25) is 0 Å². The van der Waals surface area contributed by atoms with E-state index >= 15 is 0 Å². The highest BCUT2D eigenvalue weighted by Gasteiger charge is 2.34. The van der Waals surface area contributed by atoms with E-state index in [1.807, 2.05) is 118 Å². The van der Waals surface area contributed by atoms with E-state index < -0.39 is 11.9 Å². The summed E-state index contributed by atoms with van der Waals surface area (Å²) in [4.78, 5) is 27.7. The van der Waals surface area contributed by atoms with Gasteiger partial charge in [0.15, 0.2) is 0 Å². The number of fused-ring (bicyclic) bond motifs is 2. The Morgan fingerprint density at radius 2 is 0.925 bits per heavy atom. The van der Waals surface area contributed by atoms with Crippen LogP contribution >= 0.6 is 0 Å². The standard InChI is InChI=1S/C34H28N2O4/c1-3-39-33(37)29-27(23-15-7-5-8-16-23)25-19-11-13-21-35(25)31(29)32-30(34(38)40-4-2)28(24-17-9-6-10-18-24)26-20-12-14-22-36(26)32/h5-22H,3-4H2,1-2H3. The molecule has 4 aromatic heterocycles. The van der Waals surface area contributed by atoms with Gasteiger partial charge < -0.3 is 18.3 Å². The van der Waals surface area contributed by atoms with Crippen molar-refractivity contribution < 1.29 is 19.1 Å². The molecule has 6 heteroatoms. The molecule has 0 spiro atoms. The Bertz CT molecular complexity index is 1710. The summed E-state index contributed by atoms with van der Waals surface area (Å²) in [5.41, 5.74) is 6.83. The SMILES string of the molecule is CCOC(=O)c1c(-c2ccccc2)c2ccccn2c1-c1c(C(=O)OCC)c(-c2ccccc2)c2ccccn12. The van der Waals surface area contributed by atoms with Gasteiger partial charge >= 0.3 is 11.9 Å². The minimum absolute atomic E-state index is 0.216. The van der Waals surface area contributed by atoms with Crippen LogP contribution in [-0.2, 0) is 9.47 Å². The van der Waals surface area contributed by atoms with Gasteiger partial charge in [0, 0.05) is 23.5 Å². The highest BCUT2D eigenvalue weighted by atomic mass is 16.5. The minimum atomic E-state index is -0.456. The zero-order chi connectivity index (χ0) is 27.6. The molecule has 0 bridgehead atoms. The summed E-state index contributed by atoms with van der Waals surface area (Å²) in [7, 11) is 0. The van der Waals surface area contributed by atoms with Gasteiger partial charge in [0.2, 0.25) is 0 Å². The van der Waals surface area contributed by atoms with Crippen LogP contribution in [0.4, 0.5) is 0 Å². The Balaban J connectivity index is 1.83. The monoisotopic (exact) mass is 528 g/mol. The number of pyridine rings is 2. The quantitative estimate of drug-likeness (QED) is 0.201. The number of hydrogen-bond acceptors (Lipinski definition) is 4. The second kappa shape index (κ2) is 10.6. The van der Waals surface area contributed by atoms with Crippen LogP contribution in [0.25, 0.3) is 44.7 Å². The van der Waals surface area contributed by atoms with Crippen molar-refractivity contribution in [3.05, 3.63) is 121 Å². The average molecular weight is 529 g/mol. The van der Waals surface area contributed by atoms with Crippen LogP contribution in [0.3, 0.4) is 0 Å². The summed E-state index contributed by atoms with van der Waals surface area (Å²) in [6.07, 6.45) is 3.83. The Morgan fingerprint density at radius 3 is 1.30 bits per heavy atom. The Labute approximate surface area is 232 Å². The fourth-order valence-corrected chi connectivity index (χ4v) is 5.48. The third-order valence-corrected chi connectivity index (χ3v) is 7.00. The van der Waals surface area contributed by atoms with Crippen molar-refractivity contribution in [2.24, 2.45) is 0 Å². The molecule has 0 saturated carbocycles. The number of benzene rings is 2. The molecule has 6 rings (SSSR count). The first-order chi connectivity index (χ1) is 19.7. The molecule has 6 aromatic rings. The maximum Gasteiger partial charge on any atom is 0.341 e. The Hall–Kier alpha value is -5.10. The van der Waals surface area contributed by atoms with Gasteiger partial charge in [-0.3, -0.25) is 0 Å². The van der Waals surface area contributed by atoms with E-state index in [0.717, 1.165) is 33.3 Å². The number of carbonyl (C=O) groups is 2. The van der Waals surface area contributed by atoms with Crippen molar-refractivity contribution in [1.29, 1.82) is 0 Å². The van der Waals surface area contributed by atoms with Crippen LogP contribution in [0.5, 0.6) is 0 Å². The number of hydrogen-bond donors (Lipinski definition) is 0. The van der Waals surface area contributed by atoms with Crippen molar-refractivity contribution in [2.75, 3.05) is 13.2 Å². The van der Waals surface area contributed by atoms with E-state index in [1.165, 1.54) is 0 Å². The molecule has 6 nitrogen and oxygen atoms in total. The molecule has 4 heterocycles. The number of ether oxygens (including phenoxy) is 2. The Morgan fingerprint density at radius 1 is 0.550 bits per heavy atom. The summed E-state index contributed by atoms with van der Waals surface area (Å²) in [6.45, 7) is 4.01. The molecular weight excluding hydrogens is 500 g/mol. The Kier molecular flexibility index (Phi) is 6.66. The van der Waals surface area contributed by atoms with Crippen molar-refractivity contribution >= 4 is 23.0 Å². The lowest BCUT2D eigenvalue weighted by Crippen LogP contribution is -2.11. The number of nitrogens with zero attached hydrogens (tertiary/aromatic N) is 2. The van der Waals surface area contributed by atoms with Crippen molar-refractivity contribution in [3.63, 3.8) is 0 Å². The highest BCUT2D eigenvalue weighted by Crippen LogP contribution is 2.44. The second-order valence-electron chi connectivity index (χ2n) is 9.28. The van der Waals surface area contributed by atoms with Gasteiger partial charge in [0.25, 0.3) is 0 Å². The highest BCUT2D eigenvalue weighted by molar-refractivity contribution is 6.14. The molecule has 0 amide bonds. The number of aromatic nitrogens is 2. The van der Waals surface area contributed by atoms with Crippen molar-refractivity contribution in [2.45, 2.75) is 13.8 Å². The molecule has 2 aromatic carbocycles. The normalized spacial score (nSPS) is 11.2. The summed E-state index contributed by atoms with van der Waals surface area (Å²) in [5.74, 6) is -0.913. The van der Waals surface area contributed by atoms with Crippen LogP contribution in [0, 0.1) is 0 Å². The van der Waals surface area contributed by atoms with Gasteiger partial charge in [-0.15, -0.1) is 0 Å². The van der Waals surface area contributed by atoms with E-state index in [-0.39, 0.29) is 13.2 Å². The predicted molar refractivity (Wildman–Crippen MR) is 157 cm³/mol. The molecule has 198 valence electrons. The topological polar surface area (TPSA) is 61.4 Å². The van der Waals surface area contributed by atoms with Crippen LogP contribution < -0.4 is 0 Å². The smallest absolute Gasteiger partial charge is 0.341 e. The van der Waals surface area contributed by atoms with E-state index in [4.69, 9.17) is 9.47 Å². The largest absolute Gasteiger partial charge is 0.462 e. The van der Waals surface area contributed by atoms with Crippen LogP contribution in [-0.4, -0.2) is 34.0 Å². The molecule has 0 radical (unpaired) electrons. The molecule has 0 atom stereocenters. The van der Waals surface area contributed by atoms with E-state index in [2.05, 4.69) is 0 Å². The minimum Gasteiger partial charge on any atom is -0.462 e. The fraction of sp³-hybridized carbons (Fsp3) is 0.118. The van der Waals surface area contributed by atoms with Gasteiger partial charge in [0.1, 0.15) is 0 Å². The number of esters is 2. The van der Waals surface area contributed by atoms with Crippen LogP contribution in [0.1, 0.15) is 34.6 Å². The summed E-state index contributed by atoms with van der Waals surface area (Å²) < 4.78 is 15.3. The lowest BCUT2D eigenvalue weighted by molar-refractivity contribution is 0.0516. The summed E-state index contributed by atoms with van der Waals surface area (Å²) in [6, 6.07) is 31.3. The zero-order valence-corrected chi connectivity index (χ0v) is 22.3. The first-order valence-corrected chi connectivity index (χ1v) is 13.4. The first kappa shape index (κ1) is 25.2. The fourth-order valence-electron chi connectivity index (χ4n) is 5.48. The molecule has 0 unspecified atom stereocenters. The van der Waals surface area contributed by atoms with Gasteiger partial charge in [-0.2, -0.15) is 0 Å². The lowest BCUT2D eigenvalue weighted by atomic mass is 9.97. The van der Waals surface area contributed by atoms with Gasteiger partial charge in [0.05, 0.1) is 46.8 Å². The average Bonchev–Trinajstić information content (AvgIpc) is 3.51. The van der Waals surface area contributed by atoms with E-state index in [1.54, 1.807) is 13.8 Å². The third kappa shape index (κ3) is 4.05. The maximum absolute atomic E-state index is 13.9. The van der Waals surface area contributed by atoms with E-state index in [9.17, 15) is 9.59 Å². The third-order valence-electron chi connectivity index (χ3n) is 7.00. The number of carbonyl (C=O) groups excluding carboxylic acids is 2. The summed E-state index contributed by atoms with van der Waals surface area (Å²) >= 11 is 0.